The Morgan fingerprint density at radius 3 is 2.43 bits per heavy atom. The first-order chi connectivity index (χ1) is 6.29. The molecule has 0 radical (unpaired) electrons. The molecule has 78 valence electrons. The molecule has 0 aliphatic rings. The molecule has 0 spiro atoms. The summed E-state index contributed by atoms with van der Waals surface area (Å²) in [5.74, 6) is 0.0936. The molecule has 14 heavy (non-hydrogen) atoms. The van der Waals surface area contributed by atoms with E-state index in [-0.39, 0.29) is 10.8 Å². The maximum Gasteiger partial charge on any atom is 0.231 e. The van der Waals surface area contributed by atoms with E-state index in [0.29, 0.717) is 10.7 Å². The summed E-state index contributed by atoms with van der Waals surface area (Å²) in [6, 6.07) is 1.44. The van der Waals surface area contributed by atoms with E-state index in [1.54, 1.807) is 6.92 Å². The summed E-state index contributed by atoms with van der Waals surface area (Å²) in [4.78, 5) is 3.90. The van der Waals surface area contributed by atoms with Crippen molar-refractivity contribution in [3.8, 4) is 0 Å². The average molecular weight is 255 g/mol. The molecule has 1 rings (SSSR count). The van der Waals surface area contributed by atoms with Gasteiger partial charge in [-0.15, -0.1) is 0 Å². The van der Waals surface area contributed by atoms with Crippen molar-refractivity contribution < 1.29 is 8.42 Å². The second-order valence-corrected chi connectivity index (χ2v) is 5.32. The van der Waals surface area contributed by atoms with Crippen LogP contribution in [0.1, 0.15) is 5.69 Å². The summed E-state index contributed by atoms with van der Waals surface area (Å²) in [5, 5.41) is 0.570. The highest BCUT2D eigenvalue weighted by Crippen LogP contribution is 2.25. The zero-order chi connectivity index (χ0) is 10.9. The van der Waals surface area contributed by atoms with Crippen molar-refractivity contribution in [3.05, 3.63) is 21.8 Å². The maximum atomic E-state index is 10.9. The third-order valence-corrected chi connectivity index (χ3v) is 2.62. The monoisotopic (exact) mass is 254 g/mol. The van der Waals surface area contributed by atoms with Crippen LogP contribution < -0.4 is 4.72 Å². The second kappa shape index (κ2) is 3.92. The fourth-order valence-electron chi connectivity index (χ4n) is 0.806. The van der Waals surface area contributed by atoms with Gasteiger partial charge in [-0.3, -0.25) is 4.72 Å². The molecular formula is C7H8Cl2N2O2S. The molecule has 0 fully saturated rings. The van der Waals surface area contributed by atoms with Crippen molar-refractivity contribution in [1.82, 2.24) is 4.98 Å². The minimum atomic E-state index is -3.37. The van der Waals surface area contributed by atoms with Crippen LogP contribution in [0.15, 0.2) is 6.07 Å². The van der Waals surface area contributed by atoms with Gasteiger partial charge in [-0.1, -0.05) is 23.2 Å². The molecule has 7 heteroatoms. The van der Waals surface area contributed by atoms with Gasteiger partial charge in [0.2, 0.25) is 10.0 Å². The van der Waals surface area contributed by atoms with Crippen LogP contribution in [-0.4, -0.2) is 19.7 Å². The number of hydrogen-bond donors (Lipinski definition) is 1. The molecule has 0 aliphatic carbocycles. The Hall–Kier alpha value is -0.520. The summed E-state index contributed by atoms with van der Waals surface area (Å²) in [6.45, 7) is 1.66. The van der Waals surface area contributed by atoms with Gasteiger partial charge in [0.05, 0.1) is 22.0 Å². The molecule has 1 aromatic rings. The van der Waals surface area contributed by atoms with Gasteiger partial charge in [0.1, 0.15) is 0 Å². The predicted octanol–water partition coefficient (Wildman–Crippen LogP) is 2.07. The largest absolute Gasteiger partial charge is 0.266 e. The van der Waals surface area contributed by atoms with Gasteiger partial charge in [0, 0.05) is 0 Å². The lowest BCUT2D eigenvalue weighted by Crippen LogP contribution is -2.11. The Labute approximate surface area is 92.3 Å². The van der Waals surface area contributed by atoms with E-state index in [4.69, 9.17) is 23.2 Å². The van der Waals surface area contributed by atoms with Crippen molar-refractivity contribution in [3.63, 3.8) is 0 Å². The Morgan fingerprint density at radius 2 is 1.93 bits per heavy atom. The number of anilines is 1. The number of nitrogens with zero attached hydrogens (tertiary/aromatic N) is 1. The molecule has 0 aliphatic heterocycles. The quantitative estimate of drug-likeness (QED) is 0.879. The van der Waals surface area contributed by atoms with Gasteiger partial charge in [-0.05, 0) is 13.0 Å². The first-order valence-electron chi connectivity index (χ1n) is 3.60. The summed E-state index contributed by atoms with van der Waals surface area (Å²) in [6.07, 6.45) is 1.02. The van der Waals surface area contributed by atoms with Gasteiger partial charge >= 0.3 is 0 Å². The van der Waals surface area contributed by atoms with E-state index in [9.17, 15) is 8.42 Å². The standard InChI is InChI=1S/C7H8Cl2N2O2S/c1-4-5(8)3-6(9)7(10-4)11-14(2,12)13/h3H,1-2H3,(H,10,11). The molecule has 1 aromatic heterocycles. The molecule has 4 nitrogen and oxygen atoms in total. The van der Waals surface area contributed by atoms with Gasteiger partial charge in [-0.25, -0.2) is 13.4 Å². The Bertz CT molecular complexity index is 459. The molecule has 0 atom stereocenters. The highest BCUT2D eigenvalue weighted by molar-refractivity contribution is 7.92. The fourth-order valence-corrected chi connectivity index (χ4v) is 1.77. The van der Waals surface area contributed by atoms with Crippen molar-refractivity contribution in [2.75, 3.05) is 11.0 Å². The van der Waals surface area contributed by atoms with Gasteiger partial charge < -0.3 is 0 Å². The molecule has 0 bridgehead atoms. The number of hydrogen-bond acceptors (Lipinski definition) is 3. The number of sulfonamides is 1. The Morgan fingerprint density at radius 1 is 1.36 bits per heavy atom. The van der Waals surface area contributed by atoms with Crippen LogP contribution in [0.5, 0.6) is 0 Å². The molecular weight excluding hydrogens is 247 g/mol. The first kappa shape index (κ1) is 11.6. The zero-order valence-electron chi connectivity index (χ0n) is 7.51. The fraction of sp³-hybridized carbons (Fsp3) is 0.286. The number of aryl methyl sites for hydroxylation is 1. The Balaban J connectivity index is 3.17. The highest BCUT2D eigenvalue weighted by Gasteiger charge is 2.10. The van der Waals surface area contributed by atoms with E-state index < -0.39 is 10.0 Å². The zero-order valence-corrected chi connectivity index (χ0v) is 9.83. The minimum absolute atomic E-state index is 0.0936. The van der Waals surface area contributed by atoms with Gasteiger partial charge in [-0.2, -0.15) is 0 Å². The van der Waals surface area contributed by atoms with Crippen molar-refractivity contribution in [1.29, 1.82) is 0 Å². The summed E-state index contributed by atoms with van der Waals surface area (Å²) in [7, 11) is -3.37. The molecule has 0 saturated carbocycles. The van der Waals surface area contributed by atoms with E-state index in [0.717, 1.165) is 6.26 Å². The number of rotatable bonds is 2. The SMILES string of the molecule is Cc1nc(NS(C)(=O)=O)c(Cl)cc1Cl. The van der Waals surface area contributed by atoms with Crippen LogP contribution in [0.3, 0.4) is 0 Å². The van der Waals surface area contributed by atoms with Crippen LogP contribution in [0.25, 0.3) is 0 Å². The smallest absolute Gasteiger partial charge is 0.231 e. The normalized spacial score (nSPS) is 11.4. The minimum Gasteiger partial charge on any atom is -0.266 e. The van der Waals surface area contributed by atoms with Crippen molar-refractivity contribution in [2.24, 2.45) is 0 Å². The average Bonchev–Trinajstić information content (AvgIpc) is 1.97. The van der Waals surface area contributed by atoms with E-state index in [1.807, 2.05) is 0 Å². The van der Waals surface area contributed by atoms with Crippen LogP contribution in [0, 0.1) is 6.92 Å². The lowest BCUT2D eigenvalue weighted by Gasteiger charge is -2.06. The Kier molecular flexibility index (Phi) is 3.24. The maximum absolute atomic E-state index is 10.9. The summed E-state index contributed by atoms with van der Waals surface area (Å²) < 4.78 is 24.0. The van der Waals surface area contributed by atoms with Crippen LogP contribution in [0.2, 0.25) is 10.0 Å². The molecule has 0 aromatic carbocycles. The molecule has 0 amide bonds. The van der Waals surface area contributed by atoms with Crippen molar-refractivity contribution in [2.45, 2.75) is 6.92 Å². The lowest BCUT2D eigenvalue weighted by atomic mass is 10.4. The topological polar surface area (TPSA) is 59.1 Å². The van der Waals surface area contributed by atoms with E-state index >= 15 is 0 Å². The van der Waals surface area contributed by atoms with Crippen LogP contribution in [0.4, 0.5) is 5.82 Å². The lowest BCUT2D eigenvalue weighted by molar-refractivity contribution is 0.606. The second-order valence-electron chi connectivity index (χ2n) is 2.76. The third-order valence-electron chi connectivity index (χ3n) is 1.39. The molecule has 0 unspecified atom stereocenters. The molecule has 1 N–H and O–H groups in total. The number of nitrogens with one attached hydrogen (secondary N) is 1. The van der Waals surface area contributed by atoms with Crippen LogP contribution in [-0.2, 0) is 10.0 Å². The van der Waals surface area contributed by atoms with Crippen LogP contribution >= 0.6 is 23.2 Å². The van der Waals surface area contributed by atoms with Gasteiger partial charge in [0.15, 0.2) is 5.82 Å². The van der Waals surface area contributed by atoms with E-state index in [1.165, 1.54) is 6.07 Å². The third kappa shape index (κ3) is 3.01. The highest BCUT2D eigenvalue weighted by atomic mass is 35.5. The molecule has 0 saturated heterocycles. The first-order valence-corrected chi connectivity index (χ1v) is 6.25. The summed E-state index contributed by atoms with van der Waals surface area (Å²) in [5.41, 5.74) is 0.516. The molecule has 1 heterocycles. The van der Waals surface area contributed by atoms with Gasteiger partial charge in [0.25, 0.3) is 0 Å². The van der Waals surface area contributed by atoms with Crippen molar-refractivity contribution >= 4 is 39.0 Å². The summed E-state index contributed by atoms with van der Waals surface area (Å²) >= 11 is 11.5. The number of aromatic nitrogens is 1. The number of pyridine rings is 1. The van der Waals surface area contributed by atoms with E-state index in [2.05, 4.69) is 9.71 Å². The number of halogens is 2. The predicted molar refractivity (Wildman–Crippen MR) is 57.5 cm³/mol.